The van der Waals surface area contributed by atoms with Crippen LogP contribution in [0.25, 0.3) is 0 Å². The van der Waals surface area contributed by atoms with Crippen LogP contribution in [-0.4, -0.2) is 13.7 Å². The van der Waals surface area contributed by atoms with Gasteiger partial charge in [-0.25, -0.2) is 0 Å². The van der Waals surface area contributed by atoms with Crippen LogP contribution >= 0.6 is 11.6 Å². The van der Waals surface area contributed by atoms with Crippen LogP contribution in [-0.2, 0) is 0 Å². The summed E-state index contributed by atoms with van der Waals surface area (Å²) in [6.45, 7) is 7.42. The van der Waals surface area contributed by atoms with Gasteiger partial charge in [-0.05, 0) is 30.2 Å². The van der Waals surface area contributed by atoms with E-state index in [2.05, 4.69) is 26.1 Å². The Hall–Kier alpha value is -0.730. The molecule has 1 N–H and O–H groups in total. The molecule has 0 heterocycles. The van der Waals surface area contributed by atoms with E-state index in [0.29, 0.717) is 12.0 Å². The molecular weight excluding hydrogens is 222 g/mol. The lowest BCUT2D eigenvalue weighted by Crippen LogP contribution is -2.25. The number of hydrogen-bond acceptors (Lipinski definition) is 2. The van der Waals surface area contributed by atoms with Crippen LogP contribution in [0.1, 0.15) is 32.4 Å². The van der Waals surface area contributed by atoms with Gasteiger partial charge in [0.1, 0.15) is 5.75 Å². The molecule has 1 unspecified atom stereocenters. The second kappa shape index (κ2) is 6.12. The molecule has 0 aliphatic rings. The van der Waals surface area contributed by atoms with Gasteiger partial charge in [-0.2, -0.15) is 0 Å². The van der Waals surface area contributed by atoms with Gasteiger partial charge in [0.25, 0.3) is 0 Å². The van der Waals surface area contributed by atoms with Crippen molar-refractivity contribution >= 4 is 11.6 Å². The first-order chi connectivity index (χ1) is 7.60. The molecule has 16 heavy (non-hydrogen) atoms. The zero-order valence-corrected chi connectivity index (χ0v) is 11.1. The van der Waals surface area contributed by atoms with Crippen LogP contribution in [0, 0.1) is 5.92 Å². The highest BCUT2D eigenvalue weighted by atomic mass is 35.5. The third-order valence-corrected chi connectivity index (χ3v) is 2.96. The van der Waals surface area contributed by atoms with Crippen molar-refractivity contribution in [1.29, 1.82) is 0 Å². The Morgan fingerprint density at radius 1 is 1.38 bits per heavy atom. The number of methoxy groups -OCH3 is 1. The summed E-state index contributed by atoms with van der Waals surface area (Å²) in [5.41, 5.74) is 1.14. The van der Waals surface area contributed by atoms with E-state index >= 15 is 0 Å². The van der Waals surface area contributed by atoms with Gasteiger partial charge in [0.15, 0.2) is 0 Å². The second-order valence-corrected chi connectivity index (χ2v) is 4.57. The van der Waals surface area contributed by atoms with Crippen molar-refractivity contribution in [3.63, 3.8) is 0 Å². The summed E-state index contributed by atoms with van der Waals surface area (Å²) in [7, 11) is 1.65. The molecule has 0 spiro atoms. The Morgan fingerprint density at radius 3 is 2.50 bits per heavy atom. The lowest BCUT2D eigenvalue weighted by atomic mass is 9.96. The summed E-state index contributed by atoms with van der Waals surface area (Å²) in [5, 5.41) is 4.21. The summed E-state index contributed by atoms with van der Waals surface area (Å²) in [6.07, 6.45) is 0. The van der Waals surface area contributed by atoms with Gasteiger partial charge >= 0.3 is 0 Å². The zero-order valence-electron chi connectivity index (χ0n) is 10.4. The molecule has 1 atom stereocenters. The average Bonchev–Trinajstić information content (AvgIpc) is 2.26. The van der Waals surface area contributed by atoms with E-state index in [4.69, 9.17) is 16.3 Å². The fourth-order valence-electron chi connectivity index (χ4n) is 1.81. The van der Waals surface area contributed by atoms with Crippen LogP contribution in [0.3, 0.4) is 0 Å². The molecule has 2 nitrogen and oxygen atoms in total. The first kappa shape index (κ1) is 13.3. The highest BCUT2D eigenvalue weighted by molar-refractivity contribution is 6.31. The van der Waals surface area contributed by atoms with Crippen molar-refractivity contribution in [1.82, 2.24) is 5.32 Å². The van der Waals surface area contributed by atoms with Gasteiger partial charge < -0.3 is 10.1 Å². The standard InChI is InChI=1S/C13H20ClNO/c1-5-15-13(9(2)3)11-7-6-10(16-4)8-12(11)14/h6-9,13,15H,5H2,1-4H3. The Labute approximate surface area is 103 Å². The number of ether oxygens (including phenoxy) is 1. The number of benzene rings is 1. The first-order valence-electron chi connectivity index (χ1n) is 5.67. The van der Waals surface area contributed by atoms with Crippen molar-refractivity contribution in [3.8, 4) is 5.75 Å². The maximum Gasteiger partial charge on any atom is 0.120 e. The number of nitrogens with one attached hydrogen (secondary N) is 1. The normalized spacial score (nSPS) is 12.9. The Morgan fingerprint density at radius 2 is 2.06 bits per heavy atom. The van der Waals surface area contributed by atoms with E-state index < -0.39 is 0 Å². The van der Waals surface area contributed by atoms with E-state index in [1.54, 1.807) is 7.11 Å². The van der Waals surface area contributed by atoms with Crippen molar-refractivity contribution in [2.45, 2.75) is 26.8 Å². The number of hydrogen-bond donors (Lipinski definition) is 1. The van der Waals surface area contributed by atoms with E-state index in [0.717, 1.165) is 22.9 Å². The van der Waals surface area contributed by atoms with Crippen molar-refractivity contribution < 1.29 is 4.74 Å². The molecule has 0 aromatic heterocycles. The van der Waals surface area contributed by atoms with Crippen molar-refractivity contribution in [2.75, 3.05) is 13.7 Å². The minimum absolute atomic E-state index is 0.295. The molecule has 0 saturated carbocycles. The maximum absolute atomic E-state index is 6.26. The van der Waals surface area contributed by atoms with E-state index in [9.17, 15) is 0 Å². The molecule has 90 valence electrons. The van der Waals surface area contributed by atoms with Gasteiger partial charge in [-0.3, -0.25) is 0 Å². The maximum atomic E-state index is 6.26. The third kappa shape index (κ3) is 3.13. The summed E-state index contributed by atoms with van der Waals surface area (Å²) >= 11 is 6.26. The largest absolute Gasteiger partial charge is 0.497 e. The van der Waals surface area contributed by atoms with Crippen molar-refractivity contribution in [3.05, 3.63) is 28.8 Å². The van der Waals surface area contributed by atoms with E-state index in [1.165, 1.54) is 0 Å². The van der Waals surface area contributed by atoms with Gasteiger partial charge in [0, 0.05) is 11.1 Å². The van der Waals surface area contributed by atoms with Crippen LogP contribution in [0.4, 0.5) is 0 Å². The molecule has 1 aromatic rings. The minimum atomic E-state index is 0.295. The molecule has 0 bridgehead atoms. The van der Waals surface area contributed by atoms with Crippen LogP contribution in [0.5, 0.6) is 5.75 Å². The Bertz CT molecular complexity index is 339. The molecule has 0 radical (unpaired) electrons. The molecule has 0 aliphatic carbocycles. The van der Waals surface area contributed by atoms with Gasteiger partial charge in [-0.15, -0.1) is 0 Å². The predicted molar refractivity (Wildman–Crippen MR) is 69.3 cm³/mol. The molecule has 1 rings (SSSR count). The molecule has 0 amide bonds. The molecule has 1 aromatic carbocycles. The number of rotatable bonds is 5. The number of halogens is 1. The van der Waals surface area contributed by atoms with Gasteiger partial charge in [-0.1, -0.05) is 38.4 Å². The average molecular weight is 242 g/mol. The van der Waals surface area contributed by atoms with Crippen LogP contribution < -0.4 is 10.1 Å². The SMILES string of the molecule is CCNC(c1ccc(OC)cc1Cl)C(C)C. The molecular formula is C13H20ClNO. The monoisotopic (exact) mass is 241 g/mol. The fourth-order valence-corrected chi connectivity index (χ4v) is 2.10. The zero-order chi connectivity index (χ0) is 12.1. The van der Waals surface area contributed by atoms with Gasteiger partial charge in [0.2, 0.25) is 0 Å². The smallest absolute Gasteiger partial charge is 0.120 e. The topological polar surface area (TPSA) is 21.3 Å². The summed E-state index contributed by atoms with van der Waals surface area (Å²) < 4.78 is 5.15. The summed E-state index contributed by atoms with van der Waals surface area (Å²) in [4.78, 5) is 0. The fraction of sp³-hybridized carbons (Fsp3) is 0.538. The molecule has 0 saturated heterocycles. The van der Waals surface area contributed by atoms with Crippen LogP contribution in [0.15, 0.2) is 18.2 Å². The van der Waals surface area contributed by atoms with E-state index in [-0.39, 0.29) is 0 Å². The molecule has 0 aliphatic heterocycles. The van der Waals surface area contributed by atoms with E-state index in [1.807, 2.05) is 18.2 Å². The minimum Gasteiger partial charge on any atom is -0.497 e. The van der Waals surface area contributed by atoms with Crippen LogP contribution in [0.2, 0.25) is 5.02 Å². The molecule has 0 fully saturated rings. The summed E-state index contributed by atoms with van der Waals surface area (Å²) in [6, 6.07) is 6.15. The Balaban J connectivity index is 3.00. The summed E-state index contributed by atoms with van der Waals surface area (Å²) in [5.74, 6) is 1.30. The first-order valence-corrected chi connectivity index (χ1v) is 6.04. The predicted octanol–water partition coefficient (Wildman–Crippen LogP) is 3.66. The van der Waals surface area contributed by atoms with Gasteiger partial charge in [0.05, 0.1) is 7.11 Å². The lowest BCUT2D eigenvalue weighted by Gasteiger charge is -2.23. The highest BCUT2D eigenvalue weighted by Gasteiger charge is 2.17. The molecule has 3 heteroatoms. The highest BCUT2D eigenvalue weighted by Crippen LogP contribution is 2.30. The Kier molecular flexibility index (Phi) is 5.10. The quantitative estimate of drug-likeness (QED) is 0.850. The second-order valence-electron chi connectivity index (χ2n) is 4.17. The third-order valence-electron chi connectivity index (χ3n) is 2.63. The lowest BCUT2D eigenvalue weighted by molar-refractivity contribution is 0.409. The van der Waals surface area contributed by atoms with Crippen molar-refractivity contribution in [2.24, 2.45) is 5.92 Å².